The summed E-state index contributed by atoms with van der Waals surface area (Å²) in [5.41, 5.74) is 4.80. The fraction of sp³-hybridized carbons (Fsp3) is 0.562. The van der Waals surface area contributed by atoms with Crippen LogP contribution < -0.4 is 30.1 Å². The van der Waals surface area contributed by atoms with E-state index in [0.717, 1.165) is 100 Å². The topological polar surface area (TPSA) is 241 Å². The van der Waals surface area contributed by atoms with E-state index in [9.17, 15) is 31.7 Å². The maximum atomic E-state index is 13.2. The van der Waals surface area contributed by atoms with E-state index in [-0.39, 0.29) is 96.6 Å². The molecule has 0 unspecified atom stereocenters. The van der Waals surface area contributed by atoms with Gasteiger partial charge in [0.05, 0.1) is 85.5 Å². The van der Waals surface area contributed by atoms with Gasteiger partial charge in [0.25, 0.3) is 0 Å². The van der Waals surface area contributed by atoms with E-state index >= 15 is 0 Å². The van der Waals surface area contributed by atoms with Crippen molar-refractivity contribution in [2.75, 3.05) is 111 Å². The van der Waals surface area contributed by atoms with Gasteiger partial charge in [0.2, 0.25) is 10.0 Å². The molecule has 2 aliphatic heterocycles. The molecule has 476 valence electrons. The molecule has 4 N–H and O–H groups in total. The Morgan fingerprint density at radius 1 is 0.670 bits per heavy atom. The van der Waals surface area contributed by atoms with Crippen LogP contribution in [0.2, 0.25) is 10.0 Å². The molecule has 3 aliphatic carbocycles. The first-order valence-corrected chi connectivity index (χ1v) is 34.8. The number of hydrogen-bond donors (Lipinski definition) is 4. The van der Waals surface area contributed by atoms with E-state index < -0.39 is 19.9 Å². The summed E-state index contributed by atoms with van der Waals surface area (Å²) in [5, 5.41) is 20.0. The van der Waals surface area contributed by atoms with Crippen molar-refractivity contribution in [3.8, 4) is 17.6 Å². The van der Waals surface area contributed by atoms with Gasteiger partial charge in [-0.05, 0) is 178 Å². The van der Waals surface area contributed by atoms with Crippen LogP contribution in [0, 0.1) is 23.8 Å². The second kappa shape index (κ2) is 33.0. The van der Waals surface area contributed by atoms with Crippen molar-refractivity contribution in [1.29, 1.82) is 5.26 Å². The largest absolute Gasteiger partial charge is 0.484 e. The first-order chi connectivity index (χ1) is 42.7. The van der Waals surface area contributed by atoms with Crippen LogP contribution in [0.5, 0.6) is 11.5 Å². The standard InChI is InChI=1S/C64H82Cl2N8O12S2/c1-68-59-41-48(66)40-58-56(59)43-61(73-24-3-2-4-25-73)63(58)86-52-14-18-54(19-15-52)88(79,80)71-23-31-84-35-32-81-28-5-7-50(75)37-45-8-10-49(11-9-45)72-64(76)70-22-30-83-34-33-82-29-6-36-87(77,78)53-16-12-51(13-17-53)85-62-57-39-47(65)38-46(44-67)55(57)42-60(62)74-26-20-69-21-27-74/h12-19,38-41,45,49,60-63,69,71H,2-11,20-37,42-43H2,(H2,70,72,76)/t45?,49?,60-,61-,62-,63-/m0/s1. The number of sulfonamides is 1. The van der Waals surface area contributed by atoms with E-state index in [1.807, 2.05) is 12.1 Å². The Bertz CT molecular complexity index is 3060. The minimum absolute atomic E-state index is 0.0108. The highest BCUT2D eigenvalue weighted by Gasteiger charge is 2.42. The number of fused-ring (bicyclic) bond motifs is 2. The SMILES string of the molecule is [C-]#[N+]c1cc(Cl)cc2c1C[C@H](N1CCCCC1)[C@H]2Oc1ccc(S(=O)(=O)NCCOCCOCCCC(=O)CC2CCC(NC(=O)NCCOCCOCCCS(=O)(=O)c3ccc(O[C@H]4c5cc(Cl)cc(C#N)c5C[C@@H]4N4CCNCC4)cc3)CC2)cc1. The molecule has 2 saturated heterocycles. The molecular weight excluding hydrogens is 1210 g/mol. The van der Waals surface area contributed by atoms with Crippen molar-refractivity contribution in [1.82, 2.24) is 30.5 Å². The van der Waals surface area contributed by atoms with Crippen LogP contribution in [0.3, 0.4) is 0 Å². The number of ketones is 1. The maximum Gasteiger partial charge on any atom is 0.315 e. The number of hydrogen-bond acceptors (Lipinski definition) is 16. The molecule has 3 fully saturated rings. The average molecular weight is 1290 g/mol. The lowest BCUT2D eigenvalue weighted by molar-refractivity contribution is -0.120. The fourth-order valence-electron chi connectivity index (χ4n) is 12.6. The predicted octanol–water partition coefficient (Wildman–Crippen LogP) is 8.70. The lowest BCUT2D eigenvalue weighted by Crippen LogP contribution is -2.50. The van der Waals surface area contributed by atoms with Crippen molar-refractivity contribution in [3.05, 3.63) is 122 Å². The molecule has 24 heteroatoms. The number of piperazine rings is 1. The number of carbonyl (C=O) groups excluding carboxylic acids is 2. The number of nitrogens with zero attached hydrogens (tertiary/aromatic N) is 4. The molecule has 1 saturated carbocycles. The van der Waals surface area contributed by atoms with Gasteiger partial charge in [0.15, 0.2) is 15.5 Å². The highest BCUT2D eigenvalue weighted by molar-refractivity contribution is 7.91. The Hall–Kier alpha value is -5.44. The Morgan fingerprint density at radius 3 is 1.85 bits per heavy atom. The number of rotatable bonds is 32. The van der Waals surface area contributed by atoms with Gasteiger partial charge in [-0.15, -0.1) is 0 Å². The molecule has 0 bridgehead atoms. The third-order valence-electron chi connectivity index (χ3n) is 17.1. The molecule has 2 heterocycles. The van der Waals surface area contributed by atoms with Crippen LogP contribution in [-0.2, 0) is 56.4 Å². The summed E-state index contributed by atoms with van der Waals surface area (Å²) in [6.45, 7) is 15.8. The van der Waals surface area contributed by atoms with Crippen molar-refractivity contribution in [3.63, 3.8) is 0 Å². The van der Waals surface area contributed by atoms with Crippen molar-refractivity contribution in [2.24, 2.45) is 5.92 Å². The van der Waals surface area contributed by atoms with Crippen LogP contribution in [-0.4, -0.2) is 168 Å². The average Bonchev–Trinajstić information content (AvgIpc) is 2.40. The Balaban J connectivity index is 0.553. The number of nitriles is 1. The Kier molecular flexibility index (Phi) is 25.1. The first kappa shape index (κ1) is 67.0. The summed E-state index contributed by atoms with van der Waals surface area (Å²) < 4.78 is 90.8. The molecule has 5 aliphatic rings. The van der Waals surface area contributed by atoms with E-state index in [4.69, 9.17) is 58.2 Å². The van der Waals surface area contributed by atoms with Gasteiger partial charge in [-0.25, -0.2) is 31.2 Å². The highest BCUT2D eigenvalue weighted by Crippen LogP contribution is 2.45. The van der Waals surface area contributed by atoms with Crippen molar-refractivity contribution in [2.45, 2.75) is 124 Å². The van der Waals surface area contributed by atoms with Crippen molar-refractivity contribution >= 4 is 60.6 Å². The summed E-state index contributed by atoms with van der Waals surface area (Å²) in [6.07, 6.45) is 9.22. The number of ether oxygens (including phenoxy) is 6. The summed E-state index contributed by atoms with van der Waals surface area (Å²) in [5.74, 6) is 1.47. The number of benzene rings is 4. The monoisotopic (exact) mass is 1290 g/mol. The van der Waals surface area contributed by atoms with Crippen molar-refractivity contribution < 1.29 is 54.8 Å². The van der Waals surface area contributed by atoms with Gasteiger partial charge in [-0.1, -0.05) is 29.6 Å². The molecule has 20 nitrogen and oxygen atoms in total. The van der Waals surface area contributed by atoms with E-state index in [1.54, 1.807) is 48.5 Å². The zero-order chi connectivity index (χ0) is 61.9. The number of urea groups is 1. The number of nitrogens with one attached hydrogen (secondary N) is 4. The van der Waals surface area contributed by atoms with E-state index in [0.29, 0.717) is 104 Å². The fourth-order valence-corrected chi connectivity index (χ4v) is 15.4. The molecule has 4 aromatic rings. The van der Waals surface area contributed by atoms with Gasteiger partial charge in [0, 0.05) is 81.4 Å². The number of likely N-dealkylation sites (tertiary alicyclic amines) is 1. The van der Waals surface area contributed by atoms with Crippen LogP contribution in [0.25, 0.3) is 4.85 Å². The maximum absolute atomic E-state index is 13.2. The quantitative estimate of drug-likeness (QED) is 0.0264. The van der Waals surface area contributed by atoms with Crippen LogP contribution >= 0.6 is 23.2 Å². The van der Waals surface area contributed by atoms with E-state index in [2.05, 4.69) is 41.4 Å². The predicted molar refractivity (Wildman–Crippen MR) is 335 cm³/mol. The van der Waals surface area contributed by atoms with Gasteiger partial charge in [-0.2, -0.15) is 5.26 Å². The second-order valence-corrected chi connectivity index (χ2v) is 27.9. The minimum atomic E-state index is -3.80. The number of carbonyl (C=O) groups is 2. The molecule has 0 spiro atoms. The molecule has 88 heavy (non-hydrogen) atoms. The van der Waals surface area contributed by atoms with Gasteiger partial charge >= 0.3 is 6.03 Å². The molecule has 2 amide bonds. The summed E-state index contributed by atoms with van der Waals surface area (Å²) in [4.78, 5) is 34.2. The minimum Gasteiger partial charge on any atom is -0.484 e. The zero-order valence-electron chi connectivity index (χ0n) is 49.9. The number of halogens is 2. The second-order valence-electron chi connectivity index (χ2n) is 23.2. The molecule has 0 radical (unpaired) electrons. The Morgan fingerprint density at radius 2 is 1.23 bits per heavy atom. The number of Topliss-reactive ketones (excluding diaryl/α,β-unsaturated/α-hetero) is 1. The summed E-state index contributed by atoms with van der Waals surface area (Å²) in [7, 11) is -7.37. The molecular formula is C64H82Cl2N8O12S2. The van der Waals surface area contributed by atoms with Crippen LogP contribution in [0.4, 0.5) is 10.5 Å². The van der Waals surface area contributed by atoms with E-state index in [1.165, 1.54) is 18.6 Å². The summed E-state index contributed by atoms with van der Waals surface area (Å²) in [6, 6.07) is 22.1. The lowest BCUT2D eigenvalue weighted by atomic mass is 9.83. The van der Waals surface area contributed by atoms with Gasteiger partial charge in [0.1, 0.15) is 29.5 Å². The number of sulfone groups is 1. The van der Waals surface area contributed by atoms with Gasteiger partial charge in [-0.3, -0.25) is 14.6 Å². The molecule has 4 atom stereocenters. The molecule has 4 aromatic carbocycles. The first-order valence-electron chi connectivity index (χ1n) is 30.9. The lowest BCUT2D eigenvalue weighted by Gasteiger charge is -2.36. The third-order valence-corrected chi connectivity index (χ3v) is 20.9. The third kappa shape index (κ3) is 18.8. The number of amides is 2. The zero-order valence-corrected chi connectivity index (χ0v) is 53.0. The number of piperidine rings is 1. The Labute approximate surface area is 528 Å². The van der Waals surface area contributed by atoms with Crippen LogP contribution in [0.1, 0.15) is 111 Å². The normalized spacial score (nSPS) is 21.4. The van der Waals surface area contributed by atoms with Crippen LogP contribution in [0.15, 0.2) is 82.6 Å². The smallest absolute Gasteiger partial charge is 0.315 e. The summed E-state index contributed by atoms with van der Waals surface area (Å²) >= 11 is 12.9. The molecule has 0 aromatic heterocycles. The molecule has 9 rings (SSSR count). The van der Waals surface area contributed by atoms with Gasteiger partial charge < -0.3 is 44.4 Å². The highest BCUT2D eigenvalue weighted by atomic mass is 35.5.